The van der Waals surface area contributed by atoms with E-state index in [4.69, 9.17) is 0 Å². The molecule has 0 N–H and O–H groups in total. The minimum absolute atomic E-state index is 0.847. The molecule has 3 unspecified atom stereocenters. The molecule has 3 atom stereocenters. The molecule has 1 aliphatic carbocycles. The summed E-state index contributed by atoms with van der Waals surface area (Å²) in [6.07, 6.45) is 3.43. The molecule has 1 aliphatic rings. The standard InChI is InChI=1S/C8H14/c1-4-7-6(3)8(7)5-2/h4,6-8H,1,5H2,2-3H3. The van der Waals surface area contributed by atoms with Gasteiger partial charge in [-0.05, 0) is 17.8 Å². The summed E-state index contributed by atoms with van der Waals surface area (Å²) in [7, 11) is 0. The van der Waals surface area contributed by atoms with Crippen LogP contribution in [0.1, 0.15) is 20.3 Å². The fourth-order valence-electron chi connectivity index (χ4n) is 1.61. The Bertz CT molecular complexity index is 94.2. The maximum atomic E-state index is 3.77. The SMILES string of the molecule is C=CC1C(C)C1CC. The molecule has 0 aromatic carbocycles. The lowest BCUT2D eigenvalue weighted by Gasteiger charge is -1.81. The first kappa shape index (κ1) is 5.87. The second-order valence-corrected chi connectivity index (χ2v) is 2.74. The molecule has 1 rings (SSSR count). The zero-order chi connectivity index (χ0) is 6.15. The number of hydrogen-bond donors (Lipinski definition) is 0. The third-order valence-electron chi connectivity index (χ3n) is 2.38. The molecule has 0 amide bonds. The number of allylic oxidation sites excluding steroid dienone is 1. The van der Waals surface area contributed by atoms with Crippen LogP contribution >= 0.6 is 0 Å². The van der Waals surface area contributed by atoms with Gasteiger partial charge in [-0.15, -0.1) is 6.58 Å². The van der Waals surface area contributed by atoms with Crippen molar-refractivity contribution < 1.29 is 0 Å². The largest absolute Gasteiger partial charge is 0.103 e. The summed E-state index contributed by atoms with van der Waals surface area (Å²) >= 11 is 0. The van der Waals surface area contributed by atoms with Gasteiger partial charge >= 0.3 is 0 Å². The average molecular weight is 110 g/mol. The van der Waals surface area contributed by atoms with Crippen molar-refractivity contribution in [2.45, 2.75) is 20.3 Å². The molecule has 0 aromatic heterocycles. The highest BCUT2D eigenvalue weighted by molar-refractivity contribution is 5.02. The third kappa shape index (κ3) is 0.683. The van der Waals surface area contributed by atoms with E-state index in [-0.39, 0.29) is 0 Å². The zero-order valence-corrected chi connectivity index (χ0v) is 5.72. The molecule has 0 nitrogen and oxygen atoms in total. The van der Waals surface area contributed by atoms with Crippen LogP contribution in [-0.2, 0) is 0 Å². The number of hydrogen-bond acceptors (Lipinski definition) is 0. The molecule has 46 valence electrons. The van der Waals surface area contributed by atoms with E-state index in [9.17, 15) is 0 Å². The second kappa shape index (κ2) is 1.93. The predicted molar refractivity (Wildman–Crippen MR) is 36.6 cm³/mol. The highest BCUT2D eigenvalue weighted by Crippen LogP contribution is 2.48. The van der Waals surface area contributed by atoms with Crippen LogP contribution in [0.15, 0.2) is 12.7 Å². The van der Waals surface area contributed by atoms with Crippen molar-refractivity contribution in [1.82, 2.24) is 0 Å². The summed E-state index contributed by atoms with van der Waals surface area (Å²) in [4.78, 5) is 0. The van der Waals surface area contributed by atoms with Crippen molar-refractivity contribution in [2.24, 2.45) is 17.8 Å². The molecule has 0 aromatic rings. The minimum atomic E-state index is 0.847. The van der Waals surface area contributed by atoms with Crippen LogP contribution in [0.5, 0.6) is 0 Å². The van der Waals surface area contributed by atoms with Crippen LogP contribution in [0, 0.1) is 17.8 Å². The highest BCUT2D eigenvalue weighted by atomic mass is 14.5. The second-order valence-electron chi connectivity index (χ2n) is 2.74. The van der Waals surface area contributed by atoms with E-state index in [1.54, 1.807) is 0 Å². The van der Waals surface area contributed by atoms with Gasteiger partial charge in [0.25, 0.3) is 0 Å². The Labute approximate surface area is 51.6 Å². The predicted octanol–water partition coefficient (Wildman–Crippen LogP) is 2.46. The normalized spacial score (nSPS) is 44.0. The Hall–Kier alpha value is -0.260. The molecule has 1 saturated carbocycles. The topological polar surface area (TPSA) is 0 Å². The van der Waals surface area contributed by atoms with Gasteiger partial charge in [0, 0.05) is 0 Å². The Morgan fingerprint density at radius 1 is 1.62 bits per heavy atom. The van der Waals surface area contributed by atoms with E-state index in [2.05, 4.69) is 26.5 Å². The first-order chi connectivity index (χ1) is 3.81. The van der Waals surface area contributed by atoms with Gasteiger partial charge < -0.3 is 0 Å². The lowest BCUT2D eigenvalue weighted by molar-refractivity contribution is 0.716. The van der Waals surface area contributed by atoms with E-state index in [0.29, 0.717) is 0 Å². The average Bonchev–Trinajstić information content (AvgIpc) is 2.40. The summed E-state index contributed by atoms with van der Waals surface area (Å²) in [5.74, 6) is 2.74. The molecular formula is C8H14. The Morgan fingerprint density at radius 3 is 2.38 bits per heavy atom. The summed E-state index contributed by atoms with van der Waals surface area (Å²) in [6, 6.07) is 0. The highest BCUT2D eigenvalue weighted by Gasteiger charge is 2.42. The third-order valence-corrected chi connectivity index (χ3v) is 2.38. The van der Waals surface area contributed by atoms with E-state index >= 15 is 0 Å². The van der Waals surface area contributed by atoms with Crippen LogP contribution in [0.3, 0.4) is 0 Å². The van der Waals surface area contributed by atoms with Gasteiger partial charge in [-0.3, -0.25) is 0 Å². The van der Waals surface area contributed by atoms with Crippen LogP contribution in [0.4, 0.5) is 0 Å². The summed E-state index contributed by atoms with van der Waals surface area (Å²) < 4.78 is 0. The van der Waals surface area contributed by atoms with Crippen molar-refractivity contribution in [1.29, 1.82) is 0 Å². The lowest BCUT2D eigenvalue weighted by Crippen LogP contribution is -1.71. The van der Waals surface area contributed by atoms with Crippen molar-refractivity contribution in [2.75, 3.05) is 0 Å². The zero-order valence-electron chi connectivity index (χ0n) is 5.72. The van der Waals surface area contributed by atoms with Gasteiger partial charge in [0.1, 0.15) is 0 Å². The molecule has 0 heterocycles. The summed E-state index contributed by atoms with van der Waals surface area (Å²) in [5, 5.41) is 0. The van der Waals surface area contributed by atoms with Gasteiger partial charge in [-0.25, -0.2) is 0 Å². The first-order valence-electron chi connectivity index (χ1n) is 3.43. The molecule has 0 heteroatoms. The van der Waals surface area contributed by atoms with Gasteiger partial charge in [-0.1, -0.05) is 26.3 Å². The van der Waals surface area contributed by atoms with E-state index in [1.807, 2.05) is 0 Å². The Kier molecular flexibility index (Phi) is 1.41. The van der Waals surface area contributed by atoms with Crippen LogP contribution in [0.25, 0.3) is 0 Å². The number of rotatable bonds is 2. The fourth-order valence-corrected chi connectivity index (χ4v) is 1.61. The summed E-state index contributed by atoms with van der Waals surface area (Å²) in [5.41, 5.74) is 0. The van der Waals surface area contributed by atoms with Gasteiger partial charge in [0.05, 0.1) is 0 Å². The first-order valence-corrected chi connectivity index (χ1v) is 3.43. The van der Waals surface area contributed by atoms with Crippen molar-refractivity contribution in [3.05, 3.63) is 12.7 Å². The molecule has 0 radical (unpaired) electrons. The molecule has 0 bridgehead atoms. The Balaban J connectivity index is 2.33. The van der Waals surface area contributed by atoms with Crippen molar-refractivity contribution in [3.63, 3.8) is 0 Å². The molecular weight excluding hydrogens is 96.1 g/mol. The maximum absolute atomic E-state index is 3.77. The van der Waals surface area contributed by atoms with E-state index < -0.39 is 0 Å². The van der Waals surface area contributed by atoms with Crippen LogP contribution < -0.4 is 0 Å². The molecule has 8 heavy (non-hydrogen) atoms. The van der Waals surface area contributed by atoms with Crippen molar-refractivity contribution in [3.8, 4) is 0 Å². The van der Waals surface area contributed by atoms with Gasteiger partial charge in [0.15, 0.2) is 0 Å². The quantitative estimate of drug-likeness (QED) is 0.479. The van der Waals surface area contributed by atoms with Crippen LogP contribution in [-0.4, -0.2) is 0 Å². The summed E-state index contributed by atoms with van der Waals surface area (Å²) in [6.45, 7) is 8.33. The van der Waals surface area contributed by atoms with Crippen molar-refractivity contribution >= 4 is 0 Å². The lowest BCUT2D eigenvalue weighted by atomic mass is 10.2. The van der Waals surface area contributed by atoms with Gasteiger partial charge in [0.2, 0.25) is 0 Å². The minimum Gasteiger partial charge on any atom is -0.103 e. The Morgan fingerprint density at radius 2 is 2.25 bits per heavy atom. The molecule has 0 aliphatic heterocycles. The van der Waals surface area contributed by atoms with Crippen LogP contribution in [0.2, 0.25) is 0 Å². The molecule has 0 spiro atoms. The van der Waals surface area contributed by atoms with E-state index in [1.165, 1.54) is 6.42 Å². The smallest absolute Gasteiger partial charge is 0.0177 e. The van der Waals surface area contributed by atoms with Gasteiger partial charge in [-0.2, -0.15) is 0 Å². The maximum Gasteiger partial charge on any atom is -0.0177 e. The molecule has 1 fully saturated rings. The molecule has 0 saturated heterocycles. The monoisotopic (exact) mass is 110 g/mol. The van der Waals surface area contributed by atoms with E-state index in [0.717, 1.165) is 17.8 Å². The fraction of sp³-hybridized carbons (Fsp3) is 0.750.